The van der Waals surface area contributed by atoms with Gasteiger partial charge in [-0.2, -0.15) is 0 Å². The summed E-state index contributed by atoms with van der Waals surface area (Å²) in [6, 6.07) is 13.8. The number of benzene rings is 2. The molecule has 0 unspecified atom stereocenters. The van der Waals surface area contributed by atoms with E-state index in [1.807, 2.05) is 50.2 Å². The molecule has 1 atom stereocenters. The molecule has 6 heteroatoms. The highest BCUT2D eigenvalue weighted by Crippen LogP contribution is 2.28. The van der Waals surface area contributed by atoms with E-state index >= 15 is 0 Å². The van der Waals surface area contributed by atoms with Gasteiger partial charge in [0.15, 0.2) is 0 Å². The van der Waals surface area contributed by atoms with Crippen molar-refractivity contribution in [2.75, 3.05) is 0 Å². The molecule has 1 N–H and O–H groups in total. The lowest BCUT2D eigenvalue weighted by Crippen LogP contribution is -2.18. The molecule has 0 spiro atoms. The van der Waals surface area contributed by atoms with Gasteiger partial charge in [-0.3, -0.25) is 0 Å². The molecule has 3 aromatic rings. The fourth-order valence-corrected chi connectivity index (χ4v) is 3.16. The van der Waals surface area contributed by atoms with Gasteiger partial charge in [0.25, 0.3) is 0 Å². The van der Waals surface area contributed by atoms with Gasteiger partial charge in [-0.25, -0.2) is 0 Å². The van der Waals surface area contributed by atoms with Gasteiger partial charge in [-0.05, 0) is 56.2 Å². The molecule has 2 aromatic carbocycles. The molecule has 142 valence electrons. The van der Waals surface area contributed by atoms with Crippen molar-refractivity contribution >= 4 is 23.2 Å². The van der Waals surface area contributed by atoms with Gasteiger partial charge < -0.3 is 14.6 Å². The summed E-state index contributed by atoms with van der Waals surface area (Å²) in [5.41, 5.74) is 4.01. The van der Waals surface area contributed by atoms with Gasteiger partial charge in [0.05, 0.1) is 16.3 Å². The van der Waals surface area contributed by atoms with Crippen LogP contribution in [0.4, 0.5) is 0 Å². The predicted molar refractivity (Wildman–Crippen MR) is 108 cm³/mol. The molecule has 4 nitrogen and oxygen atoms in total. The van der Waals surface area contributed by atoms with Crippen molar-refractivity contribution in [2.45, 2.75) is 40.0 Å². The Hall–Kier alpha value is -2.01. The number of ether oxygens (including phenoxy) is 1. The molecule has 0 radical (unpaired) electrons. The van der Waals surface area contributed by atoms with Crippen LogP contribution in [0, 0.1) is 13.8 Å². The third kappa shape index (κ3) is 5.04. The quantitative estimate of drug-likeness (QED) is 0.522. The zero-order valence-electron chi connectivity index (χ0n) is 15.6. The first-order chi connectivity index (χ1) is 12.9. The standard InChI is InChI=1S/C21H22Cl2N2O2/c1-13(17-5-4-6-18(22)10-17)24-11-16-7-8-20(23)21(9-16)26-12-19-14(2)25-27-15(19)3/h4-10,13,24H,11-12H2,1-3H3/t13-/m1/s1. The maximum absolute atomic E-state index is 6.29. The fraction of sp³-hybridized carbons (Fsp3) is 0.286. The number of nitrogens with one attached hydrogen (secondary N) is 1. The Kier molecular flexibility index (Phi) is 6.42. The largest absolute Gasteiger partial charge is 0.487 e. The SMILES string of the molecule is Cc1noc(C)c1COc1cc(CN[C@H](C)c2cccc(Cl)c2)ccc1Cl. The van der Waals surface area contributed by atoms with Crippen molar-refractivity contribution in [2.24, 2.45) is 0 Å². The van der Waals surface area contributed by atoms with Crippen LogP contribution in [0.15, 0.2) is 47.0 Å². The highest BCUT2D eigenvalue weighted by Gasteiger charge is 2.12. The first-order valence-corrected chi connectivity index (χ1v) is 9.51. The van der Waals surface area contributed by atoms with E-state index in [2.05, 4.69) is 23.5 Å². The minimum Gasteiger partial charge on any atom is -0.487 e. The smallest absolute Gasteiger partial charge is 0.140 e. The van der Waals surface area contributed by atoms with Crippen LogP contribution in [0.2, 0.25) is 10.0 Å². The third-order valence-corrected chi connectivity index (χ3v) is 5.06. The Morgan fingerprint density at radius 2 is 1.96 bits per heavy atom. The molecule has 0 aliphatic heterocycles. The summed E-state index contributed by atoms with van der Waals surface area (Å²) in [6.07, 6.45) is 0. The van der Waals surface area contributed by atoms with Gasteiger partial charge >= 0.3 is 0 Å². The van der Waals surface area contributed by atoms with E-state index in [-0.39, 0.29) is 6.04 Å². The predicted octanol–water partition coefficient (Wildman–Crippen LogP) is 6.03. The number of aryl methyl sites for hydroxylation is 2. The van der Waals surface area contributed by atoms with Crippen LogP contribution >= 0.6 is 23.2 Å². The number of hydrogen-bond donors (Lipinski definition) is 1. The lowest BCUT2D eigenvalue weighted by Gasteiger charge is -2.16. The number of halogens is 2. The van der Waals surface area contributed by atoms with Gasteiger partial charge in [-0.15, -0.1) is 0 Å². The Balaban J connectivity index is 1.64. The normalized spacial score (nSPS) is 12.2. The van der Waals surface area contributed by atoms with Crippen LogP contribution in [0.25, 0.3) is 0 Å². The molecular formula is C21H22Cl2N2O2. The first kappa shape index (κ1) is 19.7. The molecule has 0 amide bonds. The van der Waals surface area contributed by atoms with E-state index in [4.69, 9.17) is 32.5 Å². The zero-order valence-corrected chi connectivity index (χ0v) is 17.1. The van der Waals surface area contributed by atoms with Crippen LogP contribution in [0.3, 0.4) is 0 Å². The Morgan fingerprint density at radius 3 is 2.67 bits per heavy atom. The van der Waals surface area contributed by atoms with Crippen molar-refractivity contribution < 1.29 is 9.26 Å². The summed E-state index contributed by atoms with van der Waals surface area (Å²) in [5.74, 6) is 1.41. The highest BCUT2D eigenvalue weighted by molar-refractivity contribution is 6.32. The lowest BCUT2D eigenvalue weighted by atomic mass is 10.1. The van der Waals surface area contributed by atoms with Crippen molar-refractivity contribution in [3.8, 4) is 5.75 Å². The number of rotatable bonds is 7. The fourth-order valence-electron chi connectivity index (χ4n) is 2.79. The molecule has 0 bridgehead atoms. The second-order valence-corrected chi connectivity index (χ2v) is 7.36. The number of aromatic nitrogens is 1. The summed E-state index contributed by atoms with van der Waals surface area (Å²) in [6.45, 7) is 6.94. The maximum Gasteiger partial charge on any atom is 0.140 e. The first-order valence-electron chi connectivity index (χ1n) is 8.76. The Labute approximate surface area is 169 Å². The summed E-state index contributed by atoms with van der Waals surface area (Å²) in [4.78, 5) is 0. The maximum atomic E-state index is 6.29. The topological polar surface area (TPSA) is 47.3 Å². The zero-order chi connectivity index (χ0) is 19.4. The van der Waals surface area contributed by atoms with Crippen LogP contribution in [-0.4, -0.2) is 5.16 Å². The molecule has 0 aliphatic rings. The van der Waals surface area contributed by atoms with E-state index in [1.165, 1.54) is 0 Å². The summed E-state index contributed by atoms with van der Waals surface area (Å²) < 4.78 is 11.1. The van der Waals surface area contributed by atoms with Crippen LogP contribution in [0.1, 0.15) is 41.1 Å². The van der Waals surface area contributed by atoms with E-state index in [1.54, 1.807) is 0 Å². The van der Waals surface area contributed by atoms with Crippen molar-refractivity contribution in [3.05, 3.63) is 80.7 Å². The van der Waals surface area contributed by atoms with Gasteiger partial charge in [0.2, 0.25) is 0 Å². The molecular weight excluding hydrogens is 383 g/mol. The molecule has 27 heavy (non-hydrogen) atoms. The average molecular weight is 405 g/mol. The molecule has 1 heterocycles. The van der Waals surface area contributed by atoms with E-state index in [0.717, 1.165) is 33.2 Å². The minimum atomic E-state index is 0.172. The van der Waals surface area contributed by atoms with Crippen molar-refractivity contribution in [1.29, 1.82) is 0 Å². The molecule has 0 fully saturated rings. The van der Waals surface area contributed by atoms with E-state index in [9.17, 15) is 0 Å². The molecule has 0 saturated carbocycles. The van der Waals surface area contributed by atoms with Crippen molar-refractivity contribution in [1.82, 2.24) is 10.5 Å². The molecule has 0 saturated heterocycles. The van der Waals surface area contributed by atoms with Gasteiger partial charge in [-0.1, -0.05) is 46.6 Å². The van der Waals surface area contributed by atoms with Crippen LogP contribution in [-0.2, 0) is 13.2 Å². The third-order valence-electron chi connectivity index (χ3n) is 4.51. The van der Waals surface area contributed by atoms with Crippen LogP contribution in [0.5, 0.6) is 5.75 Å². The average Bonchev–Trinajstić information content (AvgIpc) is 2.97. The van der Waals surface area contributed by atoms with Crippen molar-refractivity contribution in [3.63, 3.8) is 0 Å². The van der Waals surface area contributed by atoms with E-state index < -0.39 is 0 Å². The number of nitrogens with zero attached hydrogens (tertiary/aromatic N) is 1. The molecule has 1 aromatic heterocycles. The second kappa shape index (κ2) is 8.79. The molecule has 3 rings (SSSR count). The monoisotopic (exact) mass is 404 g/mol. The number of hydrogen-bond acceptors (Lipinski definition) is 4. The summed E-state index contributed by atoms with van der Waals surface area (Å²) in [7, 11) is 0. The van der Waals surface area contributed by atoms with Crippen LogP contribution < -0.4 is 10.1 Å². The van der Waals surface area contributed by atoms with E-state index in [0.29, 0.717) is 23.9 Å². The van der Waals surface area contributed by atoms with Gasteiger partial charge in [0, 0.05) is 17.6 Å². The molecule has 0 aliphatic carbocycles. The Morgan fingerprint density at radius 1 is 1.15 bits per heavy atom. The Bertz CT molecular complexity index is 905. The minimum absolute atomic E-state index is 0.172. The lowest BCUT2D eigenvalue weighted by molar-refractivity contribution is 0.301. The second-order valence-electron chi connectivity index (χ2n) is 6.51. The summed E-state index contributed by atoms with van der Waals surface area (Å²) >= 11 is 12.4. The van der Waals surface area contributed by atoms with Gasteiger partial charge in [0.1, 0.15) is 18.1 Å². The highest BCUT2D eigenvalue weighted by atomic mass is 35.5. The summed E-state index contributed by atoms with van der Waals surface area (Å²) in [5, 5.41) is 8.76.